The molecule has 0 amide bonds. The van der Waals surface area contributed by atoms with E-state index in [1.807, 2.05) is 0 Å². The van der Waals surface area contributed by atoms with Gasteiger partial charge >= 0.3 is 19.4 Å². The number of carbonyl (C=O) groups excluding carboxylic acids is 1. The number of para-hydroxylation sites is 1. The van der Waals surface area contributed by atoms with E-state index in [0.29, 0.717) is 0 Å². The van der Waals surface area contributed by atoms with Crippen LogP contribution in [0.15, 0.2) is 60.0 Å². The minimum Gasteiger partial charge on any atom is -0.465 e. The molecule has 202 valence electrons. The van der Waals surface area contributed by atoms with Gasteiger partial charge in [0.2, 0.25) is 0 Å². The number of carbonyl (C=O) groups is 1. The van der Waals surface area contributed by atoms with Crippen LogP contribution in [-0.2, 0) is 28.1 Å². The lowest BCUT2D eigenvalue weighted by Gasteiger charge is -2.24. The number of nitrogen functional groups attached to an aromatic ring is 1. The molecule has 0 radical (unpaired) electrons. The number of aliphatic hydroxyl groups is 1. The van der Waals surface area contributed by atoms with Gasteiger partial charge in [0.15, 0.2) is 6.23 Å². The summed E-state index contributed by atoms with van der Waals surface area (Å²) < 4.78 is 42.4. The van der Waals surface area contributed by atoms with Crippen molar-refractivity contribution in [1.82, 2.24) is 14.6 Å². The third-order valence-corrected chi connectivity index (χ3v) is 6.86. The number of hydrogen-bond acceptors (Lipinski definition) is 11. The number of hydrogen-bond donors (Lipinski definition) is 3. The fraction of sp³-hybridized carbons (Fsp3) is 0.435. The van der Waals surface area contributed by atoms with Crippen LogP contribution in [0.5, 0.6) is 5.75 Å². The van der Waals surface area contributed by atoms with Gasteiger partial charge in [0.1, 0.15) is 35.9 Å². The molecular weight excluding hydrogens is 507 g/mol. The number of anilines is 1. The number of nitrogens with one attached hydrogen (secondary N) is 1. The summed E-state index contributed by atoms with van der Waals surface area (Å²) >= 11 is 0. The first-order valence-electron chi connectivity index (χ1n) is 11.5. The van der Waals surface area contributed by atoms with E-state index in [1.54, 1.807) is 37.3 Å². The third-order valence-electron chi connectivity index (χ3n) is 5.21. The van der Waals surface area contributed by atoms with E-state index in [4.69, 9.17) is 29.0 Å². The number of aromatic nitrogens is 2. The van der Waals surface area contributed by atoms with E-state index in [-0.39, 0.29) is 24.8 Å². The van der Waals surface area contributed by atoms with Crippen LogP contribution in [0.25, 0.3) is 0 Å². The Balaban J connectivity index is 1.81. The lowest BCUT2D eigenvalue weighted by Crippen LogP contribution is -2.39. The van der Waals surface area contributed by atoms with Crippen LogP contribution in [0.3, 0.4) is 0 Å². The van der Waals surface area contributed by atoms with E-state index in [2.05, 4.69) is 16.7 Å². The second-order valence-corrected chi connectivity index (χ2v) is 9.68. The molecule has 1 fully saturated rings. The van der Waals surface area contributed by atoms with Crippen molar-refractivity contribution in [2.45, 2.75) is 44.4 Å². The monoisotopic (exact) mass is 538 g/mol. The molecule has 1 aliphatic heterocycles. The number of esters is 1. The molecule has 2 unspecified atom stereocenters. The Morgan fingerprint density at radius 1 is 1.38 bits per heavy atom. The Hall–Kier alpha value is -3.06. The molecule has 0 aliphatic carbocycles. The highest BCUT2D eigenvalue weighted by Crippen LogP contribution is 2.46. The molecule has 0 bridgehead atoms. The zero-order chi connectivity index (χ0) is 27.0. The molecule has 1 saturated heterocycles. The lowest BCUT2D eigenvalue weighted by molar-refractivity contribution is -0.144. The SMILES string of the molecule is C=CCO[C@H]1[C@H](O)[C@@H](COP(=O)(NC(C)C(=O)OCC)Oc2ccccc2)O[C@H]1n1ccc(N)nc1=O. The summed E-state index contributed by atoms with van der Waals surface area (Å²) in [6.07, 6.45) is -1.68. The van der Waals surface area contributed by atoms with Crippen molar-refractivity contribution in [3.63, 3.8) is 0 Å². The van der Waals surface area contributed by atoms with E-state index in [1.165, 1.54) is 25.3 Å². The maximum atomic E-state index is 13.6. The van der Waals surface area contributed by atoms with Gasteiger partial charge in [0, 0.05) is 6.20 Å². The molecule has 1 aromatic heterocycles. The van der Waals surface area contributed by atoms with Gasteiger partial charge in [-0.1, -0.05) is 24.3 Å². The molecule has 1 aromatic carbocycles. The predicted molar refractivity (Wildman–Crippen MR) is 133 cm³/mol. The van der Waals surface area contributed by atoms with E-state index in [9.17, 15) is 19.3 Å². The Kier molecular flexibility index (Phi) is 9.98. The molecule has 13 nitrogen and oxygen atoms in total. The molecule has 1 aliphatic rings. The van der Waals surface area contributed by atoms with E-state index in [0.717, 1.165) is 4.57 Å². The van der Waals surface area contributed by atoms with Gasteiger partial charge in [-0.25, -0.2) is 9.36 Å². The summed E-state index contributed by atoms with van der Waals surface area (Å²) in [6, 6.07) is 8.56. The first-order chi connectivity index (χ1) is 17.7. The summed E-state index contributed by atoms with van der Waals surface area (Å²) in [4.78, 5) is 28.2. The Labute approximate surface area is 213 Å². The van der Waals surface area contributed by atoms with Crippen LogP contribution < -0.4 is 21.0 Å². The highest BCUT2D eigenvalue weighted by molar-refractivity contribution is 7.52. The minimum atomic E-state index is -4.20. The van der Waals surface area contributed by atoms with Crippen molar-refractivity contribution in [2.75, 3.05) is 25.6 Å². The molecule has 0 spiro atoms. The van der Waals surface area contributed by atoms with Crippen LogP contribution >= 0.6 is 7.75 Å². The zero-order valence-electron chi connectivity index (χ0n) is 20.5. The van der Waals surface area contributed by atoms with Gasteiger partial charge < -0.3 is 29.6 Å². The van der Waals surface area contributed by atoms with Crippen LogP contribution in [0.2, 0.25) is 0 Å². The number of rotatable bonds is 13. The maximum absolute atomic E-state index is 13.6. The van der Waals surface area contributed by atoms with Gasteiger partial charge in [-0.05, 0) is 32.0 Å². The first-order valence-corrected chi connectivity index (χ1v) is 13.1. The number of nitrogens with zero attached hydrogens (tertiary/aromatic N) is 2. The normalized spacial score (nSPS) is 23.6. The molecule has 37 heavy (non-hydrogen) atoms. The molecule has 4 N–H and O–H groups in total. The fourth-order valence-corrected chi connectivity index (χ4v) is 5.00. The van der Waals surface area contributed by atoms with Gasteiger partial charge in [-0.3, -0.25) is 13.9 Å². The highest BCUT2D eigenvalue weighted by atomic mass is 31.2. The molecule has 2 aromatic rings. The van der Waals surface area contributed by atoms with Crippen LogP contribution in [-0.4, -0.2) is 64.8 Å². The summed E-state index contributed by atoms with van der Waals surface area (Å²) in [7, 11) is -4.20. The standard InChI is InChI=1S/C23H31N4O9P/c1-4-13-33-20-19(28)17(35-21(20)27-12-11-18(24)25-23(27)30)14-34-37(31,26-15(3)22(29)32-5-2)36-16-9-7-6-8-10-16/h4,6-12,15,17,19-21,28H,1,5,13-14H2,2-3H3,(H,26,31)(H2,24,25,30)/t15?,17-,19-,20+,21-,37?/m1/s1. The lowest BCUT2D eigenvalue weighted by atomic mass is 10.1. The predicted octanol–water partition coefficient (Wildman–Crippen LogP) is 1.40. The largest absolute Gasteiger partial charge is 0.465 e. The van der Waals surface area contributed by atoms with Crippen molar-refractivity contribution >= 4 is 19.5 Å². The zero-order valence-corrected chi connectivity index (χ0v) is 21.4. The number of ether oxygens (including phenoxy) is 3. The molecule has 3 rings (SSSR count). The van der Waals surface area contributed by atoms with Crippen molar-refractivity contribution in [3.8, 4) is 5.75 Å². The number of benzene rings is 1. The van der Waals surface area contributed by atoms with Crippen LogP contribution in [0, 0.1) is 0 Å². The van der Waals surface area contributed by atoms with Gasteiger partial charge in [0.25, 0.3) is 0 Å². The summed E-state index contributed by atoms with van der Waals surface area (Å²) in [6.45, 7) is 6.41. The van der Waals surface area contributed by atoms with Crippen molar-refractivity contribution in [1.29, 1.82) is 0 Å². The van der Waals surface area contributed by atoms with Crippen molar-refractivity contribution in [3.05, 3.63) is 65.7 Å². The van der Waals surface area contributed by atoms with Crippen LogP contribution in [0.4, 0.5) is 5.82 Å². The van der Waals surface area contributed by atoms with Gasteiger partial charge in [0.05, 0.1) is 19.8 Å². The molecule has 6 atom stereocenters. The summed E-state index contributed by atoms with van der Waals surface area (Å²) in [5.74, 6) is -0.427. The molecule has 0 saturated carbocycles. The Morgan fingerprint density at radius 2 is 2.11 bits per heavy atom. The molecule has 14 heteroatoms. The third kappa shape index (κ3) is 7.48. The second kappa shape index (κ2) is 13.0. The highest BCUT2D eigenvalue weighted by Gasteiger charge is 2.47. The Morgan fingerprint density at radius 3 is 2.76 bits per heavy atom. The van der Waals surface area contributed by atoms with Crippen molar-refractivity contribution < 1.29 is 37.7 Å². The quantitative estimate of drug-likeness (QED) is 0.190. The molecular formula is C23H31N4O9P. The second-order valence-electron chi connectivity index (χ2n) is 7.98. The summed E-state index contributed by atoms with van der Waals surface area (Å²) in [5, 5.41) is 13.5. The van der Waals surface area contributed by atoms with E-state index >= 15 is 0 Å². The van der Waals surface area contributed by atoms with E-state index < -0.39 is 56.6 Å². The fourth-order valence-electron chi connectivity index (χ4n) is 3.50. The summed E-state index contributed by atoms with van der Waals surface area (Å²) in [5.41, 5.74) is 4.86. The smallest absolute Gasteiger partial charge is 0.459 e. The van der Waals surface area contributed by atoms with Gasteiger partial charge in [-0.2, -0.15) is 10.1 Å². The Bertz CT molecular complexity index is 1160. The average molecular weight is 538 g/mol. The molecule has 2 heterocycles. The number of nitrogens with two attached hydrogens (primary N) is 1. The van der Waals surface area contributed by atoms with Crippen molar-refractivity contribution in [2.24, 2.45) is 0 Å². The van der Waals surface area contributed by atoms with Gasteiger partial charge in [-0.15, -0.1) is 6.58 Å². The van der Waals surface area contributed by atoms with Crippen LogP contribution in [0.1, 0.15) is 20.1 Å². The average Bonchev–Trinajstić information content (AvgIpc) is 3.17. The first kappa shape index (κ1) is 28.5. The number of aliphatic hydroxyl groups excluding tert-OH is 1. The topological polar surface area (TPSA) is 173 Å². The minimum absolute atomic E-state index is 0.0176. The maximum Gasteiger partial charge on any atom is 0.459 e.